The molecule has 0 saturated heterocycles. The molecule has 0 saturated carbocycles. The van der Waals surface area contributed by atoms with Crippen molar-refractivity contribution in [3.8, 4) is 0 Å². The first-order valence-corrected chi connectivity index (χ1v) is 11.4. The second-order valence-electron chi connectivity index (χ2n) is 6.69. The van der Waals surface area contributed by atoms with Gasteiger partial charge in [-0.05, 0) is 54.1 Å². The third kappa shape index (κ3) is 6.15. The average molecular weight is 503 g/mol. The topological polar surface area (TPSA) is 75.3 Å². The molecule has 32 heavy (non-hydrogen) atoms. The van der Waals surface area contributed by atoms with Crippen LogP contribution in [0.4, 0.5) is 29.3 Å². The predicted octanol–water partition coefficient (Wildman–Crippen LogP) is 6.63. The van der Waals surface area contributed by atoms with Crippen LogP contribution < -0.4 is 10.6 Å². The number of halogens is 5. The molecule has 3 rings (SSSR count). The normalized spacial score (nSPS) is 11.8. The van der Waals surface area contributed by atoms with Crippen molar-refractivity contribution in [2.24, 2.45) is 0 Å². The standard InChI is InChI=1S/C21H15Cl2F3N2O3S/c22-18-8-7-13(9-19(18)23)12-32(30,31)17-6-2-5-16(11-17)28-20(29)27-15-4-1-3-14(10-15)21(24,25)26/h1-11H,12H2,(H2,27,28,29). The van der Waals surface area contributed by atoms with E-state index in [-0.39, 0.29) is 27.0 Å². The van der Waals surface area contributed by atoms with Gasteiger partial charge in [0.15, 0.2) is 9.84 Å². The SMILES string of the molecule is O=C(Nc1cccc(C(F)(F)F)c1)Nc1cccc(S(=O)(=O)Cc2ccc(Cl)c(Cl)c2)c1. The Kier molecular flexibility index (Phi) is 7.02. The second kappa shape index (κ2) is 9.40. The predicted molar refractivity (Wildman–Crippen MR) is 118 cm³/mol. The number of urea groups is 1. The molecule has 0 atom stereocenters. The van der Waals surface area contributed by atoms with Crippen LogP contribution in [-0.4, -0.2) is 14.4 Å². The zero-order valence-electron chi connectivity index (χ0n) is 16.1. The van der Waals surface area contributed by atoms with E-state index in [4.69, 9.17) is 23.2 Å². The van der Waals surface area contributed by atoms with Crippen molar-refractivity contribution in [3.05, 3.63) is 87.9 Å². The van der Waals surface area contributed by atoms with Crippen LogP contribution in [0.3, 0.4) is 0 Å². The number of rotatable bonds is 5. The highest BCUT2D eigenvalue weighted by Crippen LogP contribution is 2.31. The van der Waals surface area contributed by atoms with Gasteiger partial charge in [0.05, 0.1) is 26.3 Å². The van der Waals surface area contributed by atoms with Crippen LogP contribution in [0.1, 0.15) is 11.1 Å². The quantitative estimate of drug-likeness (QED) is 0.411. The van der Waals surface area contributed by atoms with Gasteiger partial charge in [-0.3, -0.25) is 0 Å². The second-order valence-corrected chi connectivity index (χ2v) is 9.50. The summed E-state index contributed by atoms with van der Waals surface area (Å²) in [5.41, 5.74) is -0.406. The summed E-state index contributed by atoms with van der Waals surface area (Å²) in [6, 6.07) is 13.3. The van der Waals surface area contributed by atoms with E-state index in [0.717, 1.165) is 18.2 Å². The summed E-state index contributed by atoms with van der Waals surface area (Å²) >= 11 is 11.8. The van der Waals surface area contributed by atoms with Crippen molar-refractivity contribution >= 4 is 50.4 Å². The van der Waals surface area contributed by atoms with Gasteiger partial charge in [-0.25, -0.2) is 13.2 Å². The van der Waals surface area contributed by atoms with Crippen LogP contribution in [0, 0.1) is 0 Å². The van der Waals surface area contributed by atoms with Crippen molar-refractivity contribution in [1.82, 2.24) is 0 Å². The fourth-order valence-electron chi connectivity index (χ4n) is 2.77. The number of carbonyl (C=O) groups is 1. The lowest BCUT2D eigenvalue weighted by molar-refractivity contribution is -0.137. The number of nitrogens with one attached hydrogen (secondary N) is 2. The largest absolute Gasteiger partial charge is 0.416 e. The van der Waals surface area contributed by atoms with Gasteiger partial charge in [-0.1, -0.05) is 41.4 Å². The van der Waals surface area contributed by atoms with Gasteiger partial charge in [-0.15, -0.1) is 0 Å². The van der Waals surface area contributed by atoms with Crippen molar-refractivity contribution in [1.29, 1.82) is 0 Å². The number of hydrogen-bond donors (Lipinski definition) is 2. The fourth-order valence-corrected chi connectivity index (χ4v) is 4.46. The summed E-state index contributed by atoms with van der Waals surface area (Å²) in [6.45, 7) is 0. The Morgan fingerprint density at radius 2 is 1.47 bits per heavy atom. The molecular weight excluding hydrogens is 488 g/mol. The number of hydrogen-bond acceptors (Lipinski definition) is 3. The van der Waals surface area contributed by atoms with E-state index >= 15 is 0 Å². The smallest absolute Gasteiger partial charge is 0.308 e. The summed E-state index contributed by atoms with van der Waals surface area (Å²) in [4.78, 5) is 12.1. The van der Waals surface area contributed by atoms with E-state index in [1.807, 2.05) is 0 Å². The van der Waals surface area contributed by atoms with Gasteiger partial charge in [0.25, 0.3) is 0 Å². The minimum absolute atomic E-state index is 0.0551. The lowest BCUT2D eigenvalue weighted by Crippen LogP contribution is -2.20. The Morgan fingerprint density at radius 3 is 2.09 bits per heavy atom. The van der Waals surface area contributed by atoms with E-state index in [1.54, 1.807) is 0 Å². The van der Waals surface area contributed by atoms with E-state index < -0.39 is 27.6 Å². The zero-order valence-corrected chi connectivity index (χ0v) is 18.4. The van der Waals surface area contributed by atoms with Crippen LogP contribution in [-0.2, 0) is 21.8 Å². The molecule has 0 aromatic heterocycles. The molecule has 0 unspecified atom stereocenters. The Morgan fingerprint density at radius 1 is 0.844 bits per heavy atom. The molecule has 2 N–H and O–H groups in total. The van der Waals surface area contributed by atoms with Gasteiger partial charge in [0.2, 0.25) is 0 Å². The van der Waals surface area contributed by atoms with Crippen molar-refractivity contribution in [2.45, 2.75) is 16.8 Å². The maximum atomic E-state index is 12.8. The van der Waals surface area contributed by atoms with Gasteiger partial charge < -0.3 is 10.6 Å². The highest BCUT2D eigenvalue weighted by molar-refractivity contribution is 7.90. The summed E-state index contributed by atoms with van der Waals surface area (Å²) in [5.74, 6) is -0.343. The molecule has 0 aliphatic heterocycles. The maximum Gasteiger partial charge on any atom is 0.416 e. The number of alkyl halides is 3. The molecule has 11 heteroatoms. The third-order valence-corrected chi connectivity index (χ3v) is 6.66. The van der Waals surface area contributed by atoms with Crippen LogP contribution in [0.2, 0.25) is 10.0 Å². The van der Waals surface area contributed by atoms with E-state index in [9.17, 15) is 26.4 Å². The van der Waals surface area contributed by atoms with Gasteiger partial charge in [0, 0.05) is 11.4 Å². The number of carbonyl (C=O) groups excluding carboxylic acids is 1. The molecule has 0 aliphatic rings. The zero-order chi connectivity index (χ0) is 23.5. The fraction of sp³-hybridized carbons (Fsp3) is 0.0952. The molecule has 0 spiro atoms. The Balaban J connectivity index is 1.73. The molecule has 2 amide bonds. The molecular formula is C21H15Cl2F3N2O3S. The molecule has 168 valence electrons. The molecule has 3 aromatic rings. The third-order valence-electron chi connectivity index (χ3n) is 4.24. The molecule has 0 aliphatic carbocycles. The van der Waals surface area contributed by atoms with Crippen LogP contribution in [0.25, 0.3) is 0 Å². The van der Waals surface area contributed by atoms with Crippen molar-refractivity contribution in [3.63, 3.8) is 0 Å². The molecule has 0 radical (unpaired) electrons. The number of amides is 2. The highest BCUT2D eigenvalue weighted by Gasteiger charge is 2.30. The first kappa shape index (κ1) is 23.9. The summed E-state index contributed by atoms with van der Waals surface area (Å²) in [6.07, 6.45) is -4.55. The monoisotopic (exact) mass is 502 g/mol. The van der Waals surface area contributed by atoms with Gasteiger partial charge in [-0.2, -0.15) is 13.2 Å². The van der Waals surface area contributed by atoms with Crippen LogP contribution in [0.5, 0.6) is 0 Å². The number of anilines is 2. The molecule has 0 fully saturated rings. The summed E-state index contributed by atoms with van der Waals surface area (Å²) in [7, 11) is -3.78. The lowest BCUT2D eigenvalue weighted by atomic mass is 10.2. The first-order chi connectivity index (χ1) is 14.9. The minimum atomic E-state index is -4.55. The Labute approximate surface area is 192 Å². The first-order valence-electron chi connectivity index (χ1n) is 8.96. The molecule has 3 aromatic carbocycles. The average Bonchev–Trinajstić information content (AvgIpc) is 2.70. The minimum Gasteiger partial charge on any atom is -0.308 e. The van der Waals surface area contributed by atoms with Crippen molar-refractivity contribution < 1.29 is 26.4 Å². The number of benzene rings is 3. The highest BCUT2D eigenvalue weighted by atomic mass is 35.5. The van der Waals surface area contributed by atoms with Crippen LogP contribution >= 0.6 is 23.2 Å². The summed E-state index contributed by atoms with van der Waals surface area (Å²) in [5, 5.41) is 5.21. The molecule has 0 heterocycles. The Hall–Kier alpha value is -2.75. The van der Waals surface area contributed by atoms with E-state index in [0.29, 0.717) is 10.6 Å². The summed E-state index contributed by atoms with van der Waals surface area (Å²) < 4.78 is 63.9. The van der Waals surface area contributed by atoms with Gasteiger partial charge >= 0.3 is 12.2 Å². The molecule has 5 nitrogen and oxygen atoms in total. The van der Waals surface area contributed by atoms with E-state index in [2.05, 4.69) is 10.6 Å². The van der Waals surface area contributed by atoms with Gasteiger partial charge in [0.1, 0.15) is 0 Å². The lowest BCUT2D eigenvalue weighted by Gasteiger charge is -2.12. The Bertz CT molecular complexity index is 1270. The van der Waals surface area contributed by atoms with Crippen LogP contribution in [0.15, 0.2) is 71.6 Å². The van der Waals surface area contributed by atoms with Crippen molar-refractivity contribution in [2.75, 3.05) is 10.6 Å². The van der Waals surface area contributed by atoms with E-state index in [1.165, 1.54) is 48.5 Å². The molecule has 0 bridgehead atoms. The number of sulfone groups is 1. The maximum absolute atomic E-state index is 12.8.